The van der Waals surface area contributed by atoms with Crippen molar-refractivity contribution in [2.75, 3.05) is 6.61 Å². The summed E-state index contributed by atoms with van der Waals surface area (Å²) in [4.78, 5) is 14.7. The molecule has 1 N–H and O–H groups in total. The van der Waals surface area contributed by atoms with Crippen molar-refractivity contribution in [3.8, 4) is 5.75 Å². The van der Waals surface area contributed by atoms with Crippen molar-refractivity contribution < 1.29 is 14.6 Å². The summed E-state index contributed by atoms with van der Waals surface area (Å²) in [5, 5.41) is 8.95. The van der Waals surface area contributed by atoms with Gasteiger partial charge in [-0.2, -0.15) is 0 Å². The number of carboxylic acids is 1. The van der Waals surface area contributed by atoms with E-state index in [1.165, 1.54) is 12.6 Å². The highest BCUT2D eigenvalue weighted by atomic mass is 16.5. The molecule has 0 aliphatic heterocycles. The molecule has 0 aromatic carbocycles. The number of carbonyl (C=O) groups is 1. The van der Waals surface area contributed by atoms with Crippen LogP contribution < -0.4 is 4.74 Å². The van der Waals surface area contributed by atoms with Crippen LogP contribution in [-0.4, -0.2) is 22.7 Å². The van der Waals surface area contributed by atoms with Gasteiger partial charge in [0.15, 0.2) is 0 Å². The second kappa shape index (κ2) is 4.12. The fourth-order valence-electron chi connectivity index (χ4n) is 1.84. The van der Waals surface area contributed by atoms with Crippen LogP contribution in [0.25, 0.3) is 0 Å². The first-order valence-corrected chi connectivity index (χ1v) is 5.41. The van der Waals surface area contributed by atoms with Crippen molar-refractivity contribution in [2.24, 2.45) is 5.41 Å². The van der Waals surface area contributed by atoms with Gasteiger partial charge in [0.2, 0.25) is 0 Å². The third-order valence-electron chi connectivity index (χ3n) is 3.15. The molecule has 1 saturated carbocycles. The first-order chi connectivity index (χ1) is 7.61. The number of hydrogen-bond acceptors (Lipinski definition) is 3. The highest BCUT2D eigenvalue weighted by molar-refractivity contribution is 5.90. The predicted molar refractivity (Wildman–Crippen MR) is 58.6 cm³/mol. The SMILES string of the molecule is CC1(COc2ccncc2C(=O)O)CCC1. The molecule has 0 radical (unpaired) electrons. The molecule has 0 bridgehead atoms. The first kappa shape index (κ1) is 10.9. The van der Waals surface area contributed by atoms with Crippen LogP contribution in [0.1, 0.15) is 36.5 Å². The monoisotopic (exact) mass is 221 g/mol. The van der Waals surface area contributed by atoms with Crippen molar-refractivity contribution in [3.05, 3.63) is 24.0 Å². The molecule has 1 aromatic rings. The number of pyridine rings is 1. The van der Waals surface area contributed by atoms with Crippen LogP contribution in [0.2, 0.25) is 0 Å². The molecular formula is C12H15NO3. The van der Waals surface area contributed by atoms with E-state index in [9.17, 15) is 4.79 Å². The lowest BCUT2D eigenvalue weighted by Gasteiger charge is -2.37. The minimum atomic E-state index is -0.998. The molecule has 0 atom stereocenters. The molecule has 2 rings (SSSR count). The highest BCUT2D eigenvalue weighted by Crippen LogP contribution is 2.40. The van der Waals surface area contributed by atoms with Crippen LogP contribution in [0.3, 0.4) is 0 Å². The average Bonchev–Trinajstić information content (AvgIpc) is 2.24. The van der Waals surface area contributed by atoms with E-state index in [1.54, 1.807) is 12.3 Å². The van der Waals surface area contributed by atoms with E-state index in [0.717, 1.165) is 12.8 Å². The van der Waals surface area contributed by atoms with E-state index in [2.05, 4.69) is 11.9 Å². The van der Waals surface area contributed by atoms with E-state index in [-0.39, 0.29) is 11.0 Å². The van der Waals surface area contributed by atoms with Crippen LogP contribution in [-0.2, 0) is 0 Å². The summed E-state index contributed by atoms with van der Waals surface area (Å²) in [5.41, 5.74) is 0.351. The first-order valence-electron chi connectivity index (χ1n) is 5.41. The van der Waals surface area contributed by atoms with Crippen LogP contribution in [0.4, 0.5) is 0 Å². The molecule has 0 spiro atoms. The second-order valence-electron chi connectivity index (χ2n) is 4.63. The van der Waals surface area contributed by atoms with Gasteiger partial charge in [0.05, 0.1) is 6.61 Å². The number of ether oxygens (including phenoxy) is 1. The molecule has 1 heterocycles. The molecule has 1 aromatic heterocycles. The minimum absolute atomic E-state index is 0.130. The van der Waals surface area contributed by atoms with Gasteiger partial charge < -0.3 is 9.84 Å². The molecule has 1 aliphatic carbocycles. The maximum absolute atomic E-state index is 10.9. The lowest BCUT2D eigenvalue weighted by Crippen LogP contribution is -2.32. The van der Waals surface area contributed by atoms with Crippen LogP contribution in [0, 0.1) is 5.41 Å². The molecule has 1 fully saturated rings. The Hall–Kier alpha value is -1.58. The van der Waals surface area contributed by atoms with Gasteiger partial charge in [-0.25, -0.2) is 4.79 Å². The van der Waals surface area contributed by atoms with Crippen LogP contribution in [0.15, 0.2) is 18.5 Å². The summed E-state index contributed by atoms with van der Waals surface area (Å²) in [5.74, 6) is -0.586. The third-order valence-corrected chi connectivity index (χ3v) is 3.15. The zero-order valence-electron chi connectivity index (χ0n) is 9.27. The van der Waals surface area contributed by atoms with Crippen LogP contribution >= 0.6 is 0 Å². The summed E-state index contributed by atoms with van der Waals surface area (Å²) in [7, 11) is 0. The standard InChI is InChI=1S/C12H15NO3/c1-12(4-2-5-12)8-16-10-3-6-13-7-9(10)11(14)15/h3,6-7H,2,4-5,8H2,1H3,(H,14,15). The number of aromatic nitrogens is 1. The normalized spacial score (nSPS) is 17.6. The maximum Gasteiger partial charge on any atom is 0.341 e. The van der Waals surface area contributed by atoms with E-state index in [4.69, 9.17) is 9.84 Å². The molecule has 4 nitrogen and oxygen atoms in total. The molecule has 16 heavy (non-hydrogen) atoms. The van der Waals surface area contributed by atoms with E-state index in [1.807, 2.05) is 0 Å². The Morgan fingerprint density at radius 1 is 1.62 bits per heavy atom. The van der Waals surface area contributed by atoms with Crippen molar-refractivity contribution in [2.45, 2.75) is 26.2 Å². The van der Waals surface area contributed by atoms with E-state index >= 15 is 0 Å². The zero-order chi connectivity index (χ0) is 11.6. The van der Waals surface area contributed by atoms with Gasteiger partial charge in [0.25, 0.3) is 0 Å². The van der Waals surface area contributed by atoms with Gasteiger partial charge in [0.1, 0.15) is 11.3 Å². The quantitative estimate of drug-likeness (QED) is 0.847. The highest BCUT2D eigenvalue weighted by Gasteiger charge is 2.32. The molecule has 1 aliphatic rings. The Kier molecular flexibility index (Phi) is 2.81. The van der Waals surface area contributed by atoms with E-state index in [0.29, 0.717) is 12.4 Å². The molecule has 4 heteroatoms. The van der Waals surface area contributed by atoms with Gasteiger partial charge in [-0.3, -0.25) is 4.98 Å². The van der Waals surface area contributed by atoms with Crippen LogP contribution in [0.5, 0.6) is 5.75 Å². The Labute approximate surface area is 94.3 Å². The Bertz CT molecular complexity index is 399. The lowest BCUT2D eigenvalue weighted by atomic mass is 9.71. The maximum atomic E-state index is 10.9. The van der Waals surface area contributed by atoms with Gasteiger partial charge >= 0.3 is 5.97 Å². The van der Waals surface area contributed by atoms with Crippen molar-refractivity contribution in [1.29, 1.82) is 0 Å². The van der Waals surface area contributed by atoms with E-state index < -0.39 is 5.97 Å². The smallest absolute Gasteiger partial charge is 0.341 e. The minimum Gasteiger partial charge on any atom is -0.492 e. The molecule has 0 amide bonds. The summed E-state index contributed by atoms with van der Waals surface area (Å²) in [6.07, 6.45) is 6.41. The largest absolute Gasteiger partial charge is 0.492 e. The van der Waals surface area contributed by atoms with Crippen molar-refractivity contribution in [3.63, 3.8) is 0 Å². The number of aromatic carboxylic acids is 1. The summed E-state index contributed by atoms with van der Waals surface area (Å²) in [6, 6.07) is 1.60. The number of carboxylic acid groups (broad SMARTS) is 1. The lowest BCUT2D eigenvalue weighted by molar-refractivity contribution is 0.0653. The van der Waals surface area contributed by atoms with Crippen molar-refractivity contribution in [1.82, 2.24) is 4.98 Å². The van der Waals surface area contributed by atoms with Gasteiger partial charge in [-0.05, 0) is 18.9 Å². The van der Waals surface area contributed by atoms with Gasteiger partial charge in [-0.15, -0.1) is 0 Å². The summed E-state index contributed by atoms with van der Waals surface area (Å²) < 4.78 is 5.58. The molecule has 0 unspecified atom stereocenters. The number of hydrogen-bond donors (Lipinski definition) is 1. The average molecular weight is 221 g/mol. The fourth-order valence-corrected chi connectivity index (χ4v) is 1.84. The Morgan fingerprint density at radius 2 is 2.38 bits per heavy atom. The molecule has 0 saturated heterocycles. The Balaban J connectivity index is 2.06. The van der Waals surface area contributed by atoms with Gasteiger partial charge in [0, 0.05) is 17.8 Å². The fraction of sp³-hybridized carbons (Fsp3) is 0.500. The van der Waals surface area contributed by atoms with Crippen molar-refractivity contribution >= 4 is 5.97 Å². The molecular weight excluding hydrogens is 206 g/mol. The van der Waals surface area contributed by atoms with Gasteiger partial charge in [-0.1, -0.05) is 13.3 Å². The third kappa shape index (κ3) is 2.15. The summed E-state index contributed by atoms with van der Waals surface area (Å²) in [6.45, 7) is 2.75. The zero-order valence-corrected chi connectivity index (χ0v) is 9.27. The number of rotatable bonds is 4. The number of nitrogens with zero attached hydrogens (tertiary/aromatic N) is 1. The second-order valence-corrected chi connectivity index (χ2v) is 4.63. The topological polar surface area (TPSA) is 59.4 Å². The predicted octanol–water partition coefficient (Wildman–Crippen LogP) is 2.35. The Morgan fingerprint density at radius 3 is 2.94 bits per heavy atom. The molecule has 86 valence electrons. The summed E-state index contributed by atoms with van der Waals surface area (Å²) >= 11 is 0.